The monoisotopic (exact) mass is 349 g/mol. The summed E-state index contributed by atoms with van der Waals surface area (Å²) >= 11 is 0. The Bertz CT molecular complexity index is 599. The number of esters is 1. The molecule has 0 radical (unpaired) electrons. The maximum absolute atomic E-state index is 12.1. The van der Waals surface area contributed by atoms with Crippen molar-refractivity contribution in [1.82, 2.24) is 5.32 Å². The second-order valence-corrected chi connectivity index (χ2v) is 6.25. The van der Waals surface area contributed by atoms with Crippen LogP contribution < -0.4 is 16.4 Å². The van der Waals surface area contributed by atoms with E-state index in [9.17, 15) is 14.4 Å². The molecule has 0 aliphatic heterocycles. The summed E-state index contributed by atoms with van der Waals surface area (Å²) in [7, 11) is 0. The molecule has 0 aliphatic rings. The van der Waals surface area contributed by atoms with Crippen LogP contribution in [0.5, 0.6) is 0 Å². The summed E-state index contributed by atoms with van der Waals surface area (Å²) in [6.07, 6.45) is 0.595. The molecule has 0 fully saturated rings. The number of nitrogens with two attached hydrogens (primary N) is 1. The van der Waals surface area contributed by atoms with Crippen molar-refractivity contribution in [3.05, 3.63) is 29.8 Å². The molecule has 7 heteroatoms. The number of hydrogen-bond acceptors (Lipinski definition) is 5. The van der Waals surface area contributed by atoms with E-state index in [-0.39, 0.29) is 12.5 Å². The number of rotatable bonds is 8. The molecule has 0 bridgehead atoms. The van der Waals surface area contributed by atoms with Crippen molar-refractivity contribution in [3.63, 3.8) is 0 Å². The Morgan fingerprint density at radius 1 is 1.12 bits per heavy atom. The minimum Gasteiger partial charge on any atom is -0.464 e. The van der Waals surface area contributed by atoms with Crippen LogP contribution in [0.15, 0.2) is 24.3 Å². The lowest BCUT2D eigenvalue weighted by Gasteiger charge is -2.15. The Kier molecular flexibility index (Phi) is 8.07. The molecule has 7 nitrogen and oxygen atoms in total. The zero-order valence-electron chi connectivity index (χ0n) is 15.2. The fraction of sp³-hybridized carbons (Fsp3) is 0.500. The minimum absolute atomic E-state index is 0.256. The topological polar surface area (TPSA) is 111 Å². The van der Waals surface area contributed by atoms with Gasteiger partial charge in [0.05, 0.1) is 12.6 Å². The molecule has 1 aromatic rings. The van der Waals surface area contributed by atoms with Crippen LogP contribution in [0.1, 0.15) is 44.5 Å². The van der Waals surface area contributed by atoms with Crippen LogP contribution >= 0.6 is 0 Å². The van der Waals surface area contributed by atoms with Crippen molar-refractivity contribution < 1.29 is 19.1 Å². The zero-order chi connectivity index (χ0) is 19.0. The summed E-state index contributed by atoms with van der Waals surface area (Å²) in [5, 5.41) is 5.28. The third-order valence-corrected chi connectivity index (χ3v) is 3.46. The van der Waals surface area contributed by atoms with E-state index in [1.54, 1.807) is 38.1 Å². The quantitative estimate of drug-likeness (QED) is 0.619. The van der Waals surface area contributed by atoms with Crippen LogP contribution in [0.3, 0.4) is 0 Å². The van der Waals surface area contributed by atoms with Crippen molar-refractivity contribution in [2.24, 2.45) is 11.7 Å². The molecule has 0 heterocycles. The molecule has 4 N–H and O–H groups in total. The van der Waals surface area contributed by atoms with Gasteiger partial charge in [0.1, 0.15) is 6.04 Å². The predicted octanol–water partition coefficient (Wildman–Crippen LogP) is 1.68. The highest BCUT2D eigenvalue weighted by Gasteiger charge is 2.18. The van der Waals surface area contributed by atoms with Gasteiger partial charge < -0.3 is 21.1 Å². The summed E-state index contributed by atoms with van der Waals surface area (Å²) in [4.78, 5) is 35.6. The van der Waals surface area contributed by atoms with Gasteiger partial charge in [-0.25, -0.2) is 4.79 Å². The summed E-state index contributed by atoms with van der Waals surface area (Å²) in [6.45, 7) is 7.51. The third kappa shape index (κ3) is 6.93. The fourth-order valence-electron chi connectivity index (χ4n) is 2.16. The number of carbonyl (C=O) groups excluding carboxylic acids is 3. The summed E-state index contributed by atoms with van der Waals surface area (Å²) in [6, 6.07) is 5.05. The number of ether oxygens (including phenoxy) is 1. The van der Waals surface area contributed by atoms with E-state index in [0.29, 0.717) is 23.6 Å². The second-order valence-electron chi connectivity index (χ2n) is 6.25. The van der Waals surface area contributed by atoms with Gasteiger partial charge >= 0.3 is 5.97 Å². The molecule has 1 rings (SSSR count). The van der Waals surface area contributed by atoms with Crippen LogP contribution in [-0.4, -0.2) is 36.5 Å². The van der Waals surface area contributed by atoms with Crippen LogP contribution in [-0.2, 0) is 14.3 Å². The predicted molar refractivity (Wildman–Crippen MR) is 96.1 cm³/mol. The van der Waals surface area contributed by atoms with Crippen molar-refractivity contribution in [2.75, 3.05) is 11.9 Å². The highest BCUT2D eigenvalue weighted by atomic mass is 16.5. The maximum Gasteiger partial charge on any atom is 0.328 e. The first-order valence-electron chi connectivity index (χ1n) is 8.38. The number of benzene rings is 1. The molecule has 2 amide bonds. The molecule has 138 valence electrons. The van der Waals surface area contributed by atoms with Crippen LogP contribution in [0, 0.1) is 5.92 Å². The summed E-state index contributed by atoms with van der Waals surface area (Å²) in [5.41, 5.74) is 6.76. The molecule has 0 spiro atoms. The molecule has 0 saturated heterocycles. The van der Waals surface area contributed by atoms with E-state index in [4.69, 9.17) is 10.5 Å². The average molecular weight is 349 g/mol. The Balaban J connectivity index is 2.62. The molecular weight excluding hydrogens is 322 g/mol. The second kappa shape index (κ2) is 9.78. The Morgan fingerprint density at radius 2 is 1.72 bits per heavy atom. The highest BCUT2D eigenvalue weighted by Crippen LogP contribution is 2.11. The van der Waals surface area contributed by atoms with Crippen molar-refractivity contribution in [1.29, 1.82) is 0 Å². The SMILES string of the molecule is CCOC(=O)C(C)NC(=O)c1ccc(NC(=O)[C@@H](N)CC(C)C)cc1. The van der Waals surface area contributed by atoms with E-state index in [2.05, 4.69) is 10.6 Å². The van der Waals surface area contributed by atoms with Gasteiger partial charge in [0, 0.05) is 11.3 Å². The largest absolute Gasteiger partial charge is 0.464 e. The molecule has 1 unspecified atom stereocenters. The normalized spacial score (nSPS) is 13.0. The van der Waals surface area contributed by atoms with E-state index >= 15 is 0 Å². The average Bonchev–Trinajstić information content (AvgIpc) is 2.54. The van der Waals surface area contributed by atoms with Gasteiger partial charge in [-0.3, -0.25) is 9.59 Å². The lowest BCUT2D eigenvalue weighted by molar-refractivity contribution is -0.144. The van der Waals surface area contributed by atoms with Gasteiger partial charge in [-0.2, -0.15) is 0 Å². The molecule has 0 aromatic heterocycles. The molecule has 1 aromatic carbocycles. The standard InChI is InChI=1S/C18H27N3O4/c1-5-25-18(24)12(4)20-16(22)13-6-8-14(9-7-13)21-17(23)15(19)10-11(2)3/h6-9,11-12,15H,5,10,19H2,1-4H3,(H,20,22)(H,21,23)/t12?,15-/m0/s1. The van der Waals surface area contributed by atoms with Crippen LogP contribution in [0.2, 0.25) is 0 Å². The first-order chi connectivity index (χ1) is 11.7. The molecular formula is C18H27N3O4. The van der Waals surface area contributed by atoms with Gasteiger partial charge in [0.25, 0.3) is 5.91 Å². The minimum atomic E-state index is -0.735. The van der Waals surface area contributed by atoms with Crippen molar-refractivity contribution in [2.45, 2.75) is 46.2 Å². The Morgan fingerprint density at radius 3 is 2.24 bits per heavy atom. The zero-order valence-corrected chi connectivity index (χ0v) is 15.2. The van der Waals surface area contributed by atoms with E-state index in [1.807, 2.05) is 13.8 Å². The lowest BCUT2D eigenvalue weighted by atomic mass is 10.0. The number of amides is 2. The first-order valence-corrected chi connectivity index (χ1v) is 8.38. The van der Waals surface area contributed by atoms with E-state index in [1.165, 1.54) is 0 Å². The van der Waals surface area contributed by atoms with Gasteiger partial charge in [0.2, 0.25) is 5.91 Å². The number of anilines is 1. The maximum atomic E-state index is 12.1. The Labute approximate surface area is 148 Å². The van der Waals surface area contributed by atoms with E-state index in [0.717, 1.165) is 0 Å². The van der Waals surface area contributed by atoms with Gasteiger partial charge in [-0.1, -0.05) is 13.8 Å². The lowest BCUT2D eigenvalue weighted by Crippen LogP contribution is -2.39. The molecule has 0 saturated carbocycles. The number of nitrogens with one attached hydrogen (secondary N) is 2. The summed E-state index contributed by atoms with van der Waals surface area (Å²) < 4.78 is 4.84. The molecule has 25 heavy (non-hydrogen) atoms. The highest BCUT2D eigenvalue weighted by molar-refractivity contribution is 5.98. The summed E-state index contributed by atoms with van der Waals surface area (Å²) in [5.74, 6) is -0.816. The van der Waals surface area contributed by atoms with Gasteiger partial charge in [0.15, 0.2) is 0 Å². The van der Waals surface area contributed by atoms with E-state index < -0.39 is 24.0 Å². The number of carbonyl (C=O) groups is 3. The van der Waals surface area contributed by atoms with Crippen LogP contribution in [0.4, 0.5) is 5.69 Å². The van der Waals surface area contributed by atoms with Gasteiger partial charge in [-0.15, -0.1) is 0 Å². The van der Waals surface area contributed by atoms with Crippen molar-refractivity contribution >= 4 is 23.5 Å². The third-order valence-electron chi connectivity index (χ3n) is 3.46. The smallest absolute Gasteiger partial charge is 0.328 e. The van der Waals surface area contributed by atoms with Crippen molar-refractivity contribution in [3.8, 4) is 0 Å². The first kappa shape index (κ1) is 20.6. The fourth-order valence-corrected chi connectivity index (χ4v) is 2.16. The molecule has 0 aliphatic carbocycles. The van der Waals surface area contributed by atoms with Gasteiger partial charge in [-0.05, 0) is 50.5 Å². The van der Waals surface area contributed by atoms with Crippen LogP contribution in [0.25, 0.3) is 0 Å². The number of hydrogen-bond donors (Lipinski definition) is 3. The molecule has 2 atom stereocenters. The Hall–Kier alpha value is -2.41.